The molecule has 2 amide bonds. The third kappa shape index (κ3) is 5.08. The molecule has 2 heterocycles. The molecule has 0 radical (unpaired) electrons. The van der Waals surface area contributed by atoms with Crippen LogP contribution in [0.2, 0.25) is 0 Å². The van der Waals surface area contributed by atoms with Gasteiger partial charge < -0.3 is 9.64 Å². The van der Waals surface area contributed by atoms with E-state index in [0.29, 0.717) is 11.3 Å². The van der Waals surface area contributed by atoms with Crippen molar-refractivity contribution in [3.05, 3.63) is 65.2 Å². The molecule has 8 nitrogen and oxygen atoms in total. The highest BCUT2D eigenvalue weighted by molar-refractivity contribution is 6.22. The van der Waals surface area contributed by atoms with Crippen LogP contribution in [-0.4, -0.2) is 78.7 Å². The Kier molecular flexibility index (Phi) is 7.19. The van der Waals surface area contributed by atoms with E-state index >= 15 is 0 Å². The molecule has 2 aliphatic rings. The second-order valence-corrected chi connectivity index (χ2v) is 8.67. The summed E-state index contributed by atoms with van der Waals surface area (Å²) in [6.45, 7) is 7.95. The molecule has 0 bridgehead atoms. The monoisotopic (exact) mass is 463 g/mol. The fourth-order valence-electron chi connectivity index (χ4n) is 4.35. The van der Waals surface area contributed by atoms with Gasteiger partial charge in [0.25, 0.3) is 5.91 Å². The average Bonchev–Trinajstić information content (AvgIpc) is 3.16. The second kappa shape index (κ2) is 10.3. The van der Waals surface area contributed by atoms with Gasteiger partial charge in [0, 0.05) is 31.7 Å². The summed E-state index contributed by atoms with van der Waals surface area (Å²) in [6.07, 6.45) is 0.163. The van der Waals surface area contributed by atoms with Crippen LogP contribution >= 0.6 is 0 Å². The first kappa shape index (κ1) is 23.8. The number of amides is 2. The SMILES string of the molecule is CCN1CCN(C2CC(=O)N(c3ccc(C(=O)OCC(=O)c4ccc(C)cc4)cc3)C2=O)CC1. The van der Waals surface area contributed by atoms with Crippen molar-refractivity contribution < 1.29 is 23.9 Å². The molecular formula is C26H29N3O5. The summed E-state index contributed by atoms with van der Waals surface area (Å²) in [5.41, 5.74) is 2.18. The molecule has 8 heteroatoms. The van der Waals surface area contributed by atoms with Crippen LogP contribution in [0.25, 0.3) is 0 Å². The number of carbonyl (C=O) groups is 4. The van der Waals surface area contributed by atoms with E-state index in [0.717, 1.165) is 38.3 Å². The van der Waals surface area contributed by atoms with E-state index in [4.69, 9.17) is 4.74 Å². The number of nitrogens with zero attached hydrogens (tertiary/aromatic N) is 3. The predicted octanol–water partition coefficient (Wildman–Crippen LogP) is 2.30. The van der Waals surface area contributed by atoms with Crippen molar-refractivity contribution >= 4 is 29.3 Å². The fraction of sp³-hybridized carbons (Fsp3) is 0.385. The number of anilines is 1. The zero-order chi connectivity index (χ0) is 24.2. The third-order valence-electron chi connectivity index (χ3n) is 6.49. The largest absolute Gasteiger partial charge is 0.454 e. The van der Waals surface area contributed by atoms with Crippen LogP contribution in [0.4, 0.5) is 5.69 Å². The Hall–Kier alpha value is -3.36. The number of piperazine rings is 1. The molecule has 0 spiro atoms. The van der Waals surface area contributed by atoms with Gasteiger partial charge in [-0.2, -0.15) is 0 Å². The molecule has 0 aromatic heterocycles. The minimum atomic E-state index is -0.641. The van der Waals surface area contributed by atoms with E-state index in [1.165, 1.54) is 17.0 Å². The normalized spacial score (nSPS) is 19.5. The van der Waals surface area contributed by atoms with Crippen molar-refractivity contribution in [2.24, 2.45) is 0 Å². The zero-order valence-electron chi connectivity index (χ0n) is 19.5. The van der Waals surface area contributed by atoms with Gasteiger partial charge in [0.2, 0.25) is 5.91 Å². The van der Waals surface area contributed by atoms with Gasteiger partial charge in [0.15, 0.2) is 12.4 Å². The van der Waals surface area contributed by atoms with Gasteiger partial charge >= 0.3 is 5.97 Å². The lowest BCUT2D eigenvalue weighted by Crippen LogP contribution is -2.52. The summed E-state index contributed by atoms with van der Waals surface area (Å²) in [7, 11) is 0. The van der Waals surface area contributed by atoms with E-state index in [1.54, 1.807) is 24.3 Å². The lowest BCUT2D eigenvalue weighted by molar-refractivity contribution is -0.123. The lowest BCUT2D eigenvalue weighted by atomic mass is 10.1. The van der Waals surface area contributed by atoms with E-state index in [1.807, 2.05) is 19.1 Å². The number of imide groups is 1. The number of esters is 1. The van der Waals surface area contributed by atoms with Crippen molar-refractivity contribution in [3.63, 3.8) is 0 Å². The van der Waals surface area contributed by atoms with Gasteiger partial charge in [-0.25, -0.2) is 9.69 Å². The van der Waals surface area contributed by atoms with Gasteiger partial charge in [-0.05, 0) is 37.7 Å². The van der Waals surface area contributed by atoms with E-state index in [9.17, 15) is 19.2 Å². The number of Topliss-reactive ketones (excluding diaryl/α,β-unsaturated/α-hetero) is 1. The van der Waals surface area contributed by atoms with Gasteiger partial charge in [-0.3, -0.25) is 19.3 Å². The van der Waals surface area contributed by atoms with Crippen LogP contribution in [0.5, 0.6) is 0 Å². The Morgan fingerprint density at radius 1 is 0.912 bits per heavy atom. The lowest BCUT2D eigenvalue weighted by Gasteiger charge is -2.36. The highest BCUT2D eigenvalue weighted by Crippen LogP contribution is 2.27. The maximum absolute atomic E-state index is 13.0. The molecule has 1 unspecified atom stereocenters. The fourth-order valence-corrected chi connectivity index (χ4v) is 4.35. The Balaban J connectivity index is 1.35. The number of ether oxygens (including phenoxy) is 1. The van der Waals surface area contributed by atoms with Crippen LogP contribution in [0.15, 0.2) is 48.5 Å². The second-order valence-electron chi connectivity index (χ2n) is 8.67. The van der Waals surface area contributed by atoms with Gasteiger partial charge in [0.05, 0.1) is 23.7 Å². The van der Waals surface area contributed by atoms with Crippen molar-refractivity contribution in [1.29, 1.82) is 0 Å². The molecule has 1 atom stereocenters. The number of likely N-dealkylation sites (N-methyl/N-ethyl adjacent to an activating group) is 1. The van der Waals surface area contributed by atoms with Crippen LogP contribution in [-0.2, 0) is 14.3 Å². The highest BCUT2D eigenvalue weighted by atomic mass is 16.5. The smallest absolute Gasteiger partial charge is 0.338 e. The minimum Gasteiger partial charge on any atom is -0.454 e. The molecule has 178 valence electrons. The molecule has 2 aromatic rings. The molecule has 0 aliphatic carbocycles. The van der Waals surface area contributed by atoms with Crippen LogP contribution in [0, 0.1) is 6.92 Å². The maximum Gasteiger partial charge on any atom is 0.338 e. The summed E-state index contributed by atoms with van der Waals surface area (Å²) in [5.74, 6) is -1.40. The Morgan fingerprint density at radius 2 is 1.53 bits per heavy atom. The van der Waals surface area contributed by atoms with E-state index < -0.39 is 12.0 Å². The van der Waals surface area contributed by atoms with Crippen molar-refractivity contribution in [2.45, 2.75) is 26.3 Å². The molecule has 0 N–H and O–H groups in total. The van der Waals surface area contributed by atoms with Gasteiger partial charge in [-0.15, -0.1) is 0 Å². The first-order valence-electron chi connectivity index (χ1n) is 11.6. The predicted molar refractivity (Wildman–Crippen MR) is 127 cm³/mol. The number of hydrogen-bond donors (Lipinski definition) is 0. The summed E-state index contributed by atoms with van der Waals surface area (Å²) < 4.78 is 5.15. The number of rotatable bonds is 7. The first-order valence-corrected chi connectivity index (χ1v) is 11.6. The van der Waals surface area contributed by atoms with Gasteiger partial charge in [0.1, 0.15) is 0 Å². The summed E-state index contributed by atoms with van der Waals surface area (Å²) in [6, 6.07) is 12.7. The standard InChI is InChI=1S/C26H29N3O5/c1-3-27-12-14-28(15-13-27)22-16-24(31)29(25(22)32)21-10-8-20(9-11-21)26(33)34-17-23(30)19-6-4-18(2)5-7-19/h4-11,22H,3,12-17H2,1-2H3. The van der Waals surface area contributed by atoms with Crippen LogP contribution < -0.4 is 4.90 Å². The number of aryl methyl sites for hydroxylation is 1. The maximum atomic E-state index is 13.0. The van der Waals surface area contributed by atoms with E-state index in [-0.39, 0.29) is 36.2 Å². The van der Waals surface area contributed by atoms with Crippen molar-refractivity contribution in [2.75, 3.05) is 44.2 Å². The molecular weight excluding hydrogens is 434 g/mol. The van der Waals surface area contributed by atoms with Crippen LogP contribution in [0.3, 0.4) is 0 Å². The van der Waals surface area contributed by atoms with Crippen molar-refractivity contribution in [1.82, 2.24) is 9.80 Å². The average molecular weight is 464 g/mol. The van der Waals surface area contributed by atoms with Crippen molar-refractivity contribution in [3.8, 4) is 0 Å². The molecule has 2 saturated heterocycles. The first-order chi connectivity index (χ1) is 16.4. The number of benzene rings is 2. The molecule has 2 aliphatic heterocycles. The summed E-state index contributed by atoms with van der Waals surface area (Å²) in [4.78, 5) is 55.9. The Bertz CT molecular complexity index is 1070. The number of carbonyl (C=O) groups excluding carboxylic acids is 4. The molecule has 0 saturated carbocycles. The molecule has 2 fully saturated rings. The van der Waals surface area contributed by atoms with Gasteiger partial charge in [-0.1, -0.05) is 36.8 Å². The highest BCUT2D eigenvalue weighted by Gasteiger charge is 2.43. The quantitative estimate of drug-likeness (QED) is 0.354. The summed E-state index contributed by atoms with van der Waals surface area (Å²) in [5, 5.41) is 0. The minimum absolute atomic E-state index is 0.163. The van der Waals surface area contributed by atoms with E-state index in [2.05, 4.69) is 16.7 Å². The molecule has 4 rings (SSSR count). The molecule has 34 heavy (non-hydrogen) atoms. The molecule has 2 aromatic carbocycles. The Labute approximate surface area is 199 Å². The number of ketones is 1. The summed E-state index contributed by atoms with van der Waals surface area (Å²) >= 11 is 0. The number of hydrogen-bond acceptors (Lipinski definition) is 7. The third-order valence-corrected chi connectivity index (χ3v) is 6.49. The van der Waals surface area contributed by atoms with Crippen LogP contribution in [0.1, 0.15) is 39.6 Å². The Morgan fingerprint density at radius 3 is 2.15 bits per heavy atom. The topological polar surface area (TPSA) is 87.2 Å². The zero-order valence-corrected chi connectivity index (χ0v) is 19.5.